The van der Waals surface area contributed by atoms with Gasteiger partial charge in [-0.3, -0.25) is 0 Å². The molecule has 24 heavy (non-hydrogen) atoms. The molecule has 1 aromatic carbocycles. The van der Waals surface area contributed by atoms with Crippen molar-refractivity contribution >= 4 is 0 Å². The Morgan fingerprint density at radius 2 is 1.62 bits per heavy atom. The lowest BCUT2D eigenvalue weighted by molar-refractivity contribution is 0.234. The largest absolute Gasteiger partial charge is 0.325 e. The van der Waals surface area contributed by atoms with Crippen molar-refractivity contribution in [2.75, 3.05) is 6.54 Å². The zero-order valence-corrected chi connectivity index (χ0v) is 17.1. The van der Waals surface area contributed by atoms with E-state index in [4.69, 9.17) is 5.73 Å². The number of hydrogen-bond acceptors (Lipinski definition) is 2. The molecule has 0 radical (unpaired) electrons. The Bertz CT molecular complexity index is 380. The van der Waals surface area contributed by atoms with E-state index in [1.807, 2.05) is 27.7 Å². The lowest BCUT2D eigenvalue weighted by Crippen LogP contribution is -2.47. The Kier molecular flexibility index (Phi) is 13.0. The zero-order valence-electron chi connectivity index (χ0n) is 17.1. The Hall–Kier alpha value is -0.860. The van der Waals surface area contributed by atoms with Gasteiger partial charge in [-0.05, 0) is 43.6 Å². The number of nitrogens with one attached hydrogen (secondary N) is 1. The minimum atomic E-state index is 0.123. The van der Waals surface area contributed by atoms with Gasteiger partial charge < -0.3 is 11.1 Å². The highest BCUT2D eigenvalue weighted by atomic mass is 14.9. The van der Waals surface area contributed by atoms with Gasteiger partial charge in [0.05, 0.1) is 0 Å². The maximum absolute atomic E-state index is 6.45. The quantitative estimate of drug-likeness (QED) is 0.682. The molecule has 0 aliphatic heterocycles. The highest BCUT2D eigenvalue weighted by Gasteiger charge is 2.30. The maximum Gasteiger partial charge on any atom is 0.0155 e. The summed E-state index contributed by atoms with van der Waals surface area (Å²) in [6, 6.07) is 11.4. The SMILES string of the molecule is CC.CC.CCCC1(N)CCC(NCC(C)c2ccccc2)CC1. The average molecular weight is 335 g/mol. The summed E-state index contributed by atoms with van der Waals surface area (Å²) in [5, 5.41) is 3.74. The molecule has 1 aromatic rings. The van der Waals surface area contributed by atoms with Crippen LogP contribution in [-0.2, 0) is 0 Å². The van der Waals surface area contributed by atoms with Gasteiger partial charge in [0.1, 0.15) is 0 Å². The lowest BCUT2D eigenvalue weighted by atomic mass is 9.77. The fourth-order valence-electron chi connectivity index (χ4n) is 3.39. The third-order valence-electron chi connectivity index (χ3n) is 4.81. The Morgan fingerprint density at radius 3 is 2.12 bits per heavy atom. The second kappa shape index (κ2) is 13.4. The number of nitrogens with two attached hydrogens (primary N) is 1. The molecule has 1 aliphatic carbocycles. The zero-order chi connectivity index (χ0) is 18.4. The molecule has 2 rings (SSSR count). The molecule has 0 bridgehead atoms. The predicted octanol–water partition coefficient (Wildman–Crippen LogP) is 5.87. The second-order valence-electron chi connectivity index (χ2n) is 6.61. The first kappa shape index (κ1) is 23.1. The first-order valence-corrected chi connectivity index (χ1v) is 10.2. The summed E-state index contributed by atoms with van der Waals surface area (Å²) in [6.07, 6.45) is 7.21. The van der Waals surface area contributed by atoms with E-state index in [9.17, 15) is 0 Å². The van der Waals surface area contributed by atoms with Crippen molar-refractivity contribution in [1.29, 1.82) is 0 Å². The van der Waals surface area contributed by atoms with Gasteiger partial charge in [-0.15, -0.1) is 0 Å². The van der Waals surface area contributed by atoms with E-state index in [0.717, 1.165) is 6.54 Å². The highest BCUT2D eigenvalue weighted by Crippen LogP contribution is 2.30. The Labute approximate surface area is 151 Å². The van der Waals surface area contributed by atoms with Crippen molar-refractivity contribution in [3.8, 4) is 0 Å². The highest BCUT2D eigenvalue weighted by molar-refractivity contribution is 5.19. The second-order valence-corrected chi connectivity index (χ2v) is 6.61. The minimum Gasteiger partial charge on any atom is -0.325 e. The van der Waals surface area contributed by atoms with Crippen LogP contribution in [0.25, 0.3) is 0 Å². The van der Waals surface area contributed by atoms with Gasteiger partial charge in [-0.1, -0.05) is 78.3 Å². The average Bonchev–Trinajstić information content (AvgIpc) is 2.65. The van der Waals surface area contributed by atoms with Gasteiger partial charge in [0.2, 0.25) is 0 Å². The number of benzene rings is 1. The fraction of sp³-hybridized carbons (Fsp3) is 0.727. The smallest absolute Gasteiger partial charge is 0.0155 e. The Morgan fingerprint density at radius 1 is 1.08 bits per heavy atom. The van der Waals surface area contributed by atoms with Crippen LogP contribution >= 0.6 is 0 Å². The van der Waals surface area contributed by atoms with Crippen LogP contribution in [0, 0.1) is 0 Å². The summed E-state index contributed by atoms with van der Waals surface area (Å²) in [7, 11) is 0. The monoisotopic (exact) mass is 334 g/mol. The molecular weight excluding hydrogens is 292 g/mol. The molecule has 0 heterocycles. The molecule has 1 fully saturated rings. The normalized spacial score (nSPS) is 24.0. The molecule has 0 saturated heterocycles. The molecular formula is C22H42N2. The van der Waals surface area contributed by atoms with Crippen molar-refractivity contribution in [3.05, 3.63) is 35.9 Å². The van der Waals surface area contributed by atoms with Gasteiger partial charge in [-0.2, -0.15) is 0 Å². The van der Waals surface area contributed by atoms with Crippen molar-refractivity contribution in [3.63, 3.8) is 0 Å². The van der Waals surface area contributed by atoms with E-state index in [2.05, 4.69) is 49.5 Å². The van der Waals surface area contributed by atoms with E-state index in [0.29, 0.717) is 12.0 Å². The van der Waals surface area contributed by atoms with Crippen molar-refractivity contribution in [2.24, 2.45) is 5.73 Å². The minimum absolute atomic E-state index is 0.123. The van der Waals surface area contributed by atoms with Gasteiger partial charge in [-0.25, -0.2) is 0 Å². The molecule has 0 amide bonds. The van der Waals surface area contributed by atoms with Gasteiger partial charge in [0.25, 0.3) is 0 Å². The molecule has 1 unspecified atom stereocenters. The Balaban J connectivity index is 0.00000123. The third kappa shape index (κ3) is 8.30. The molecule has 140 valence electrons. The van der Waals surface area contributed by atoms with E-state index < -0.39 is 0 Å². The van der Waals surface area contributed by atoms with E-state index in [1.165, 1.54) is 44.1 Å². The van der Waals surface area contributed by atoms with Crippen LogP contribution in [0.2, 0.25) is 0 Å². The summed E-state index contributed by atoms with van der Waals surface area (Å²) in [6.45, 7) is 13.6. The summed E-state index contributed by atoms with van der Waals surface area (Å²) in [5.74, 6) is 0.580. The molecule has 1 atom stereocenters. The molecule has 1 aliphatic rings. The predicted molar refractivity (Wildman–Crippen MR) is 110 cm³/mol. The molecule has 0 aromatic heterocycles. The summed E-state index contributed by atoms with van der Waals surface area (Å²) in [5.41, 5.74) is 8.00. The summed E-state index contributed by atoms with van der Waals surface area (Å²) < 4.78 is 0. The standard InChI is InChI=1S/C18H30N2.2C2H6/c1-3-11-18(19)12-9-17(10-13-18)20-14-15(2)16-7-5-4-6-8-16;2*1-2/h4-8,15,17,20H,3,9-14,19H2,1-2H3;2*1-2H3. The molecule has 2 nitrogen and oxygen atoms in total. The van der Waals surface area contributed by atoms with Gasteiger partial charge >= 0.3 is 0 Å². The molecule has 3 N–H and O–H groups in total. The van der Waals surface area contributed by atoms with Crippen molar-refractivity contribution in [2.45, 2.75) is 97.6 Å². The van der Waals surface area contributed by atoms with E-state index in [1.54, 1.807) is 0 Å². The number of rotatable bonds is 6. The first-order chi connectivity index (χ1) is 11.6. The summed E-state index contributed by atoms with van der Waals surface area (Å²) >= 11 is 0. The van der Waals surface area contributed by atoms with Gasteiger partial charge in [0.15, 0.2) is 0 Å². The summed E-state index contributed by atoms with van der Waals surface area (Å²) in [4.78, 5) is 0. The molecule has 1 saturated carbocycles. The van der Waals surface area contributed by atoms with E-state index in [-0.39, 0.29) is 5.54 Å². The van der Waals surface area contributed by atoms with Crippen LogP contribution in [-0.4, -0.2) is 18.1 Å². The molecule has 2 heteroatoms. The lowest BCUT2D eigenvalue weighted by Gasteiger charge is -2.37. The van der Waals surface area contributed by atoms with Crippen LogP contribution in [0.3, 0.4) is 0 Å². The van der Waals surface area contributed by atoms with Crippen LogP contribution in [0.4, 0.5) is 0 Å². The topological polar surface area (TPSA) is 38.0 Å². The third-order valence-corrected chi connectivity index (χ3v) is 4.81. The van der Waals surface area contributed by atoms with Crippen molar-refractivity contribution < 1.29 is 0 Å². The van der Waals surface area contributed by atoms with Crippen LogP contribution in [0.5, 0.6) is 0 Å². The first-order valence-electron chi connectivity index (χ1n) is 10.2. The van der Waals surface area contributed by atoms with Crippen LogP contribution in [0.1, 0.15) is 91.5 Å². The van der Waals surface area contributed by atoms with Crippen molar-refractivity contribution in [1.82, 2.24) is 5.32 Å². The van der Waals surface area contributed by atoms with Crippen LogP contribution < -0.4 is 11.1 Å². The fourth-order valence-corrected chi connectivity index (χ4v) is 3.39. The van der Waals surface area contributed by atoms with Gasteiger partial charge in [0, 0.05) is 18.1 Å². The molecule has 0 spiro atoms. The number of hydrogen-bond donors (Lipinski definition) is 2. The maximum atomic E-state index is 6.45. The van der Waals surface area contributed by atoms with Crippen LogP contribution in [0.15, 0.2) is 30.3 Å². The van der Waals surface area contributed by atoms with E-state index >= 15 is 0 Å².